The molecule has 0 unspecified atom stereocenters. The zero-order valence-corrected chi connectivity index (χ0v) is 16.6. The van der Waals surface area contributed by atoms with Crippen LogP contribution in [-0.2, 0) is 0 Å². The second-order valence-electron chi connectivity index (χ2n) is 8.50. The minimum Gasteiger partial charge on any atom is -0.359 e. The number of thiocarbonyl (C=S) groups is 1. The van der Waals surface area contributed by atoms with Crippen LogP contribution < -0.4 is 10.6 Å². The van der Waals surface area contributed by atoms with Gasteiger partial charge in [-0.15, -0.1) is 0 Å². The summed E-state index contributed by atoms with van der Waals surface area (Å²) in [7, 11) is 0. The van der Waals surface area contributed by atoms with E-state index in [1.807, 2.05) is 0 Å². The summed E-state index contributed by atoms with van der Waals surface area (Å²) in [6.45, 7) is 2.28. The van der Waals surface area contributed by atoms with Crippen LogP contribution in [0.25, 0.3) is 0 Å². The molecule has 4 fully saturated rings. The lowest BCUT2D eigenvalue weighted by Gasteiger charge is -2.59. The average Bonchev–Trinajstić information content (AvgIpc) is 2.55. The van der Waals surface area contributed by atoms with E-state index in [9.17, 15) is 8.78 Å². The first-order valence-corrected chi connectivity index (χ1v) is 10.8. The van der Waals surface area contributed by atoms with Crippen LogP contribution in [0.5, 0.6) is 0 Å². The molecule has 2 N–H and O–H groups in total. The van der Waals surface area contributed by atoms with Gasteiger partial charge in [0, 0.05) is 16.6 Å². The van der Waals surface area contributed by atoms with Crippen molar-refractivity contribution in [2.45, 2.75) is 62.1 Å². The number of anilines is 1. The van der Waals surface area contributed by atoms with E-state index in [4.69, 9.17) is 12.2 Å². The summed E-state index contributed by atoms with van der Waals surface area (Å²) in [4.78, 5) is 0.561. The van der Waals surface area contributed by atoms with Gasteiger partial charge in [-0.3, -0.25) is 0 Å². The molecular formula is C20H26F2N2S2. The maximum Gasteiger partial charge on any atom is 0.288 e. The van der Waals surface area contributed by atoms with Crippen LogP contribution in [-0.4, -0.2) is 16.9 Å². The third kappa shape index (κ3) is 3.86. The van der Waals surface area contributed by atoms with Gasteiger partial charge in [0.25, 0.3) is 5.76 Å². The number of rotatable bonds is 5. The molecule has 1 aromatic rings. The molecule has 1 atom stereocenters. The first-order valence-electron chi connectivity index (χ1n) is 9.54. The molecule has 4 saturated carbocycles. The Morgan fingerprint density at radius 2 is 1.62 bits per heavy atom. The van der Waals surface area contributed by atoms with E-state index in [0.29, 0.717) is 33.2 Å². The fourth-order valence-corrected chi connectivity index (χ4v) is 6.74. The molecule has 4 aliphatic rings. The molecule has 0 amide bonds. The molecule has 0 spiro atoms. The van der Waals surface area contributed by atoms with Gasteiger partial charge in [-0.05, 0) is 105 Å². The van der Waals surface area contributed by atoms with Crippen LogP contribution in [0, 0.1) is 23.2 Å². The lowest BCUT2D eigenvalue weighted by molar-refractivity contribution is -0.0671. The molecule has 26 heavy (non-hydrogen) atoms. The summed E-state index contributed by atoms with van der Waals surface area (Å²) >= 11 is 6.08. The molecule has 4 aliphatic carbocycles. The summed E-state index contributed by atoms with van der Waals surface area (Å²) in [6, 6.07) is 7.36. The van der Waals surface area contributed by atoms with Crippen molar-refractivity contribution in [1.82, 2.24) is 5.32 Å². The number of alkyl halides is 2. The van der Waals surface area contributed by atoms with Crippen LogP contribution in [0.3, 0.4) is 0 Å². The summed E-state index contributed by atoms with van der Waals surface area (Å²) < 4.78 is 24.8. The normalized spacial score (nSPS) is 33.3. The van der Waals surface area contributed by atoms with Crippen molar-refractivity contribution in [2.24, 2.45) is 23.2 Å². The first-order chi connectivity index (χ1) is 12.4. The van der Waals surface area contributed by atoms with Gasteiger partial charge in [0.2, 0.25) is 0 Å². The minimum atomic E-state index is -2.39. The van der Waals surface area contributed by atoms with Crippen molar-refractivity contribution >= 4 is 34.8 Å². The molecular weight excluding hydrogens is 370 g/mol. The lowest BCUT2D eigenvalue weighted by Crippen LogP contribution is -2.56. The van der Waals surface area contributed by atoms with E-state index in [1.165, 1.54) is 38.5 Å². The molecule has 142 valence electrons. The standard InChI is InChI=1S/C20H26F2N2S2/c1-12(20-9-13-6-14(10-20)8-15(7-13)11-20)23-19(25)24-16-2-4-17(5-3-16)26-18(21)22/h2-5,12-15,18H,6-11H2,1H3,(H2,23,24,25)/t12-,13?,14?,15?,20?/m1/s1. The fraction of sp³-hybridized carbons (Fsp3) is 0.650. The van der Waals surface area contributed by atoms with Crippen molar-refractivity contribution in [2.75, 3.05) is 5.32 Å². The van der Waals surface area contributed by atoms with Crippen molar-refractivity contribution in [1.29, 1.82) is 0 Å². The SMILES string of the molecule is C[C@@H](NC(=S)Nc1ccc(SC(F)F)cc1)C12CC3CC(CC(C3)C1)C2. The van der Waals surface area contributed by atoms with E-state index < -0.39 is 5.76 Å². The van der Waals surface area contributed by atoms with E-state index in [0.717, 1.165) is 23.4 Å². The third-order valence-electron chi connectivity index (χ3n) is 6.69. The predicted molar refractivity (Wildman–Crippen MR) is 108 cm³/mol. The average molecular weight is 397 g/mol. The number of hydrogen-bond donors (Lipinski definition) is 2. The van der Waals surface area contributed by atoms with Crippen LogP contribution in [0.1, 0.15) is 45.4 Å². The molecule has 0 aromatic heterocycles. The zero-order valence-electron chi connectivity index (χ0n) is 15.0. The van der Waals surface area contributed by atoms with E-state index >= 15 is 0 Å². The van der Waals surface area contributed by atoms with Crippen LogP contribution in [0.4, 0.5) is 14.5 Å². The molecule has 4 bridgehead atoms. The summed E-state index contributed by atoms with van der Waals surface area (Å²) in [5, 5.41) is 7.36. The van der Waals surface area contributed by atoms with E-state index in [2.05, 4.69) is 17.6 Å². The Morgan fingerprint density at radius 1 is 1.08 bits per heavy atom. The maximum absolute atomic E-state index is 12.4. The Labute approximate surface area is 163 Å². The van der Waals surface area contributed by atoms with Crippen LogP contribution >= 0.6 is 24.0 Å². The molecule has 0 radical (unpaired) electrons. The minimum absolute atomic E-state index is 0.365. The number of nitrogens with one attached hydrogen (secondary N) is 2. The summed E-state index contributed by atoms with van der Waals surface area (Å²) in [6.07, 6.45) is 8.35. The third-order valence-corrected chi connectivity index (χ3v) is 7.63. The highest BCUT2D eigenvalue weighted by molar-refractivity contribution is 7.99. The lowest BCUT2D eigenvalue weighted by atomic mass is 9.48. The highest BCUT2D eigenvalue weighted by Gasteiger charge is 2.53. The number of thioether (sulfide) groups is 1. The Balaban J connectivity index is 1.34. The zero-order chi connectivity index (χ0) is 18.3. The summed E-state index contributed by atoms with van der Waals surface area (Å²) in [5.41, 5.74) is 1.23. The highest BCUT2D eigenvalue weighted by atomic mass is 32.2. The van der Waals surface area contributed by atoms with E-state index in [1.54, 1.807) is 24.3 Å². The molecule has 5 rings (SSSR count). The molecule has 0 heterocycles. The first kappa shape index (κ1) is 18.5. The Bertz CT molecular complexity index is 627. The van der Waals surface area contributed by atoms with Crippen molar-refractivity contribution in [3.05, 3.63) is 24.3 Å². The fourth-order valence-electron chi connectivity index (χ4n) is 5.94. The second kappa shape index (κ2) is 7.27. The van der Waals surface area contributed by atoms with Gasteiger partial charge in [-0.2, -0.15) is 8.78 Å². The van der Waals surface area contributed by atoms with Crippen LogP contribution in [0.15, 0.2) is 29.2 Å². The Kier molecular flexibility index (Phi) is 5.17. The van der Waals surface area contributed by atoms with Gasteiger partial charge in [0.15, 0.2) is 5.11 Å². The number of benzene rings is 1. The van der Waals surface area contributed by atoms with Gasteiger partial charge < -0.3 is 10.6 Å². The maximum atomic E-state index is 12.4. The van der Waals surface area contributed by atoms with Gasteiger partial charge >= 0.3 is 0 Å². The number of halogens is 2. The van der Waals surface area contributed by atoms with Gasteiger partial charge in [-0.1, -0.05) is 11.8 Å². The topological polar surface area (TPSA) is 24.1 Å². The van der Waals surface area contributed by atoms with Gasteiger partial charge in [0.05, 0.1) is 0 Å². The predicted octanol–water partition coefficient (Wildman–Crippen LogP) is 5.89. The number of hydrogen-bond acceptors (Lipinski definition) is 2. The largest absolute Gasteiger partial charge is 0.359 e. The smallest absolute Gasteiger partial charge is 0.288 e. The highest BCUT2D eigenvalue weighted by Crippen LogP contribution is 2.61. The van der Waals surface area contributed by atoms with Gasteiger partial charge in [-0.25, -0.2) is 0 Å². The molecule has 0 aliphatic heterocycles. The second-order valence-corrected chi connectivity index (χ2v) is 9.97. The molecule has 2 nitrogen and oxygen atoms in total. The Hall–Kier alpha value is -0.880. The van der Waals surface area contributed by atoms with Gasteiger partial charge in [0.1, 0.15) is 0 Å². The quantitative estimate of drug-likeness (QED) is 0.478. The van der Waals surface area contributed by atoms with Crippen molar-refractivity contribution < 1.29 is 8.78 Å². The van der Waals surface area contributed by atoms with Crippen LogP contribution in [0.2, 0.25) is 0 Å². The molecule has 6 heteroatoms. The summed E-state index contributed by atoms with van der Waals surface area (Å²) in [5.74, 6) is 0.378. The van der Waals surface area contributed by atoms with Crippen molar-refractivity contribution in [3.8, 4) is 0 Å². The molecule has 0 saturated heterocycles. The van der Waals surface area contributed by atoms with E-state index in [-0.39, 0.29) is 0 Å². The monoisotopic (exact) mass is 396 g/mol. The molecule has 1 aromatic carbocycles. The Morgan fingerprint density at radius 3 is 2.12 bits per heavy atom. The van der Waals surface area contributed by atoms with Crippen molar-refractivity contribution in [3.63, 3.8) is 0 Å².